The number of aromatic nitrogens is 3. The molecule has 2 heterocycles. The highest BCUT2D eigenvalue weighted by atomic mass is 15.3. The Morgan fingerprint density at radius 2 is 2.10 bits per heavy atom. The van der Waals surface area contributed by atoms with Gasteiger partial charge in [-0.2, -0.15) is 5.10 Å². The molecule has 0 unspecified atom stereocenters. The lowest BCUT2D eigenvalue weighted by molar-refractivity contribution is 0.665. The van der Waals surface area contributed by atoms with Crippen molar-refractivity contribution < 1.29 is 0 Å². The van der Waals surface area contributed by atoms with Gasteiger partial charge in [-0.3, -0.25) is 4.98 Å². The summed E-state index contributed by atoms with van der Waals surface area (Å²) in [4.78, 5) is 4.39. The second-order valence-electron chi connectivity index (χ2n) is 5.25. The number of rotatable bonds is 4. The first-order chi connectivity index (χ1) is 9.90. The smallest absolute Gasteiger partial charge is 0.0766 e. The van der Waals surface area contributed by atoms with Crippen LogP contribution in [0.1, 0.15) is 18.5 Å². The predicted molar refractivity (Wildman–Crippen MR) is 78.7 cm³/mol. The van der Waals surface area contributed by atoms with Crippen molar-refractivity contribution in [3.63, 3.8) is 0 Å². The van der Waals surface area contributed by atoms with Gasteiger partial charge in [0.15, 0.2) is 0 Å². The molecule has 1 N–H and O–H groups in total. The molecule has 0 radical (unpaired) electrons. The zero-order valence-corrected chi connectivity index (χ0v) is 11.2. The van der Waals surface area contributed by atoms with Crippen molar-refractivity contribution >= 4 is 10.9 Å². The van der Waals surface area contributed by atoms with Gasteiger partial charge in [-0.25, -0.2) is 4.68 Å². The quantitative estimate of drug-likeness (QED) is 0.788. The normalized spacial score (nSPS) is 14.8. The molecule has 3 aromatic rings. The summed E-state index contributed by atoms with van der Waals surface area (Å²) >= 11 is 0. The van der Waals surface area contributed by atoms with Gasteiger partial charge < -0.3 is 5.32 Å². The van der Waals surface area contributed by atoms with Crippen molar-refractivity contribution in [2.75, 3.05) is 0 Å². The van der Waals surface area contributed by atoms with Gasteiger partial charge in [-0.05, 0) is 43.2 Å². The summed E-state index contributed by atoms with van der Waals surface area (Å²) in [5, 5.41) is 9.27. The van der Waals surface area contributed by atoms with E-state index in [-0.39, 0.29) is 0 Å². The molecule has 1 aliphatic carbocycles. The lowest BCUT2D eigenvalue weighted by atomic mass is 10.2. The van der Waals surface area contributed by atoms with Gasteiger partial charge in [0.25, 0.3) is 0 Å². The zero-order chi connectivity index (χ0) is 13.4. The average molecular weight is 264 g/mol. The van der Waals surface area contributed by atoms with E-state index in [1.54, 1.807) is 0 Å². The molecule has 4 rings (SSSR count). The molecule has 0 atom stereocenters. The van der Waals surface area contributed by atoms with Crippen molar-refractivity contribution in [1.29, 1.82) is 0 Å². The maximum Gasteiger partial charge on any atom is 0.0766 e. The van der Waals surface area contributed by atoms with Gasteiger partial charge in [-0.15, -0.1) is 0 Å². The largest absolute Gasteiger partial charge is 0.308 e. The minimum absolute atomic E-state index is 0.710. The van der Waals surface area contributed by atoms with Crippen molar-refractivity contribution in [2.45, 2.75) is 25.4 Å². The van der Waals surface area contributed by atoms with Crippen LogP contribution >= 0.6 is 0 Å². The molecule has 0 bridgehead atoms. The van der Waals surface area contributed by atoms with E-state index in [2.05, 4.69) is 33.6 Å². The van der Waals surface area contributed by atoms with Crippen molar-refractivity contribution in [2.24, 2.45) is 0 Å². The van der Waals surface area contributed by atoms with Crippen molar-refractivity contribution in [3.8, 4) is 5.69 Å². The molecule has 2 aromatic heterocycles. The zero-order valence-electron chi connectivity index (χ0n) is 11.2. The molecule has 4 heteroatoms. The van der Waals surface area contributed by atoms with Gasteiger partial charge in [-0.1, -0.05) is 6.07 Å². The number of nitrogens with zero attached hydrogens (tertiary/aromatic N) is 3. The Morgan fingerprint density at radius 1 is 1.15 bits per heavy atom. The van der Waals surface area contributed by atoms with Crippen LogP contribution in [0.3, 0.4) is 0 Å². The Labute approximate surface area is 117 Å². The van der Waals surface area contributed by atoms with Gasteiger partial charge >= 0.3 is 0 Å². The Hall–Kier alpha value is -2.20. The number of pyridine rings is 1. The van der Waals surface area contributed by atoms with Crippen LogP contribution in [0.15, 0.2) is 48.8 Å². The third-order valence-electron chi connectivity index (χ3n) is 3.66. The summed E-state index contributed by atoms with van der Waals surface area (Å²) in [5.41, 5.74) is 3.16. The fraction of sp³-hybridized carbons (Fsp3) is 0.250. The number of fused-ring (bicyclic) bond motifs is 1. The second-order valence-corrected chi connectivity index (χ2v) is 5.25. The van der Waals surface area contributed by atoms with Gasteiger partial charge in [0.2, 0.25) is 0 Å². The van der Waals surface area contributed by atoms with Crippen LogP contribution in [0, 0.1) is 0 Å². The van der Waals surface area contributed by atoms with E-state index in [1.165, 1.54) is 12.8 Å². The van der Waals surface area contributed by atoms with Crippen molar-refractivity contribution in [3.05, 3.63) is 54.5 Å². The average Bonchev–Trinajstić information content (AvgIpc) is 3.21. The van der Waals surface area contributed by atoms with E-state index < -0.39 is 0 Å². The van der Waals surface area contributed by atoms with Gasteiger partial charge in [0.05, 0.1) is 16.9 Å². The SMILES string of the molecule is c1cc(-n2ccc(CNC3CC3)n2)c2cccnc2c1. The Kier molecular flexibility index (Phi) is 2.74. The van der Waals surface area contributed by atoms with Crippen LogP contribution in [0.4, 0.5) is 0 Å². The highest BCUT2D eigenvalue weighted by Crippen LogP contribution is 2.21. The molecule has 0 amide bonds. The summed E-state index contributed by atoms with van der Waals surface area (Å²) < 4.78 is 1.94. The van der Waals surface area contributed by atoms with E-state index in [1.807, 2.05) is 35.3 Å². The van der Waals surface area contributed by atoms with E-state index in [4.69, 9.17) is 0 Å². The summed E-state index contributed by atoms with van der Waals surface area (Å²) in [6.07, 6.45) is 6.44. The molecular formula is C16H16N4. The van der Waals surface area contributed by atoms with Crippen LogP contribution in [-0.4, -0.2) is 20.8 Å². The minimum atomic E-state index is 0.710. The summed E-state index contributed by atoms with van der Waals surface area (Å²) in [7, 11) is 0. The summed E-state index contributed by atoms with van der Waals surface area (Å²) in [6.45, 7) is 0.848. The third-order valence-corrected chi connectivity index (χ3v) is 3.66. The third kappa shape index (κ3) is 2.18. The molecule has 20 heavy (non-hydrogen) atoms. The standard InChI is InChI=1S/C16H16N4/c1-4-15-14(3-2-9-17-15)16(5-1)20-10-8-13(19-20)11-18-12-6-7-12/h1-5,8-10,12,18H,6-7,11H2. The Balaban J connectivity index is 1.67. The van der Waals surface area contributed by atoms with E-state index >= 15 is 0 Å². The first kappa shape index (κ1) is 11.6. The number of hydrogen-bond acceptors (Lipinski definition) is 3. The number of benzene rings is 1. The maximum absolute atomic E-state index is 4.66. The Morgan fingerprint density at radius 3 is 3.00 bits per heavy atom. The summed E-state index contributed by atoms with van der Waals surface area (Å²) in [5.74, 6) is 0. The van der Waals surface area contributed by atoms with Crippen LogP contribution in [0.25, 0.3) is 16.6 Å². The topological polar surface area (TPSA) is 42.7 Å². The number of hydrogen-bond donors (Lipinski definition) is 1. The van der Waals surface area contributed by atoms with Crippen LogP contribution in [0.5, 0.6) is 0 Å². The van der Waals surface area contributed by atoms with E-state index in [0.717, 1.165) is 28.8 Å². The highest BCUT2D eigenvalue weighted by Gasteiger charge is 2.20. The van der Waals surface area contributed by atoms with Crippen LogP contribution in [0.2, 0.25) is 0 Å². The van der Waals surface area contributed by atoms with Crippen LogP contribution < -0.4 is 5.32 Å². The van der Waals surface area contributed by atoms with E-state index in [9.17, 15) is 0 Å². The first-order valence-electron chi connectivity index (χ1n) is 7.02. The van der Waals surface area contributed by atoms with Gasteiger partial charge in [0.1, 0.15) is 0 Å². The number of nitrogens with one attached hydrogen (secondary N) is 1. The molecule has 1 aromatic carbocycles. The molecule has 0 aliphatic heterocycles. The van der Waals surface area contributed by atoms with Gasteiger partial charge in [0, 0.05) is 30.4 Å². The molecule has 4 nitrogen and oxygen atoms in total. The van der Waals surface area contributed by atoms with E-state index in [0.29, 0.717) is 6.04 Å². The maximum atomic E-state index is 4.66. The summed E-state index contributed by atoms with van der Waals surface area (Å²) in [6, 6.07) is 13.0. The van der Waals surface area contributed by atoms with Crippen molar-refractivity contribution in [1.82, 2.24) is 20.1 Å². The fourth-order valence-corrected chi connectivity index (χ4v) is 2.41. The minimum Gasteiger partial charge on any atom is -0.308 e. The molecule has 0 saturated heterocycles. The lowest BCUT2D eigenvalue weighted by Crippen LogP contribution is -2.15. The Bertz CT molecular complexity index is 738. The first-order valence-corrected chi connectivity index (χ1v) is 7.02. The molecule has 1 fully saturated rings. The molecule has 100 valence electrons. The molecular weight excluding hydrogens is 248 g/mol. The second kappa shape index (κ2) is 4.72. The lowest BCUT2D eigenvalue weighted by Gasteiger charge is -2.05. The molecule has 1 aliphatic rings. The molecule has 0 spiro atoms. The van der Waals surface area contributed by atoms with Crippen LogP contribution in [-0.2, 0) is 6.54 Å². The highest BCUT2D eigenvalue weighted by molar-refractivity contribution is 5.86. The monoisotopic (exact) mass is 264 g/mol. The predicted octanol–water partition coefficient (Wildman–Crippen LogP) is 2.67. The fourth-order valence-electron chi connectivity index (χ4n) is 2.41. The molecule has 1 saturated carbocycles.